The lowest BCUT2D eigenvalue weighted by Gasteiger charge is -2.01. The summed E-state index contributed by atoms with van der Waals surface area (Å²) in [5.41, 5.74) is 7.03. The van der Waals surface area contributed by atoms with Crippen molar-refractivity contribution in [3.05, 3.63) is 42.4 Å². The minimum absolute atomic E-state index is 0.0150. The summed E-state index contributed by atoms with van der Waals surface area (Å²) < 4.78 is 1.34. The summed E-state index contributed by atoms with van der Waals surface area (Å²) in [4.78, 5) is 22.0. The standard InChI is InChI=1S/C12H7N7O2/c13-18-16-10-11(15-5-4-14-10)19-6-7-2-1-3-8(12(20)21)9(7)17-19/h1-6,13H. The van der Waals surface area contributed by atoms with Gasteiger partial charge < -0.3 is 9.90 Å². The molecule has 21 heavy (non-hydrogen) atoms. The molecule has 0 aliphatic carbocycles. The molecule has 9 nitrogen and oxygen atoms in total. The molecule has 1 aromatic carbocycles. The highest BCUT2D eigenvalue weighted by Gasteiger charge is 2.14. The van der Waals surface area contributed by atoms with Gasteiger partial charge in [0, 0.05) is 29.5 Å². The van der Waals surface area contributed by atoms with E-state index < -0.39 is 5.97 Å². The monoisotopic (exact) mass is 281 g/mol. The lowest BCUT2D eigenvalue weighted by molar-refractivity contribution is -0.254. The van der Waals surface area contributed by atoms with Crippen LogP contribution in [0.15, 0.2) is 41.9 Å². The molecule has 2 aromatic heterocycles. The SMILES string of the molecule is N=[N+]=Nc1nccnc1-n1cc2cccc(C(=O)[O-])c2n1. The Bertz CT molecular complexity index is 896. The van der Waals surface area contributed by atoms with Crippen molar-refractivity contribution >= 4 is 22.7 Å². The number of hydrogen-bond acceptors (Lipinski definition) is 7. The number of aromatic carboxylic acids is 1. The zero-order valence-corrected chi connectivity index (χ0v) is 10.5. The molecule has 0 amide bonds. The van der Waals surface area contributed by atoms with Crippen LogP contribution in [-0.2, 0) is 0 Å². The van der Waals surface area contributed by atoms with Gasteiger partial charge in [0.2, 0.25) is 10.7 Å². The lowest BCUT2D eigenvalue weighted by Crippen LogP contribution is -2.22. The topological polar surface area (TPSA) is 134 Å². The molecule has 0 bridgehead atoms. The van der Waals surface area contributed by atoms with E-state index in [-0.39, 0.29) is 22.7 Å². The third kappa shape index (κ3) is 2.13. The Hall–Kier alpha value is -3.45. The van der Waals surface area contributed by atoms with Gasteiger partial charge in [0.25, 0.3) is 5.82 Å². The van der Waals surface area contributed by atoms with Crippen molar-refractivity contribution in [1.29, 1.82) is 5.53 Å². The molecule has 3 aromatic rings. The number of nitrogens with zero attached hydrogens (tertiary/aromatic N) is 6. The number of benzene rings is 1. The average molecular weight is 281 g/mol. The first-order chi connectivity index (χ1) is 10.2. The molecular formula is C12H7N7O2. The maximum absolute atomic E-state index is 11.1. The Morgan fingerprint density at radius 2 is 2.14 bits per heavy atom. The average Bonchev–Trinajstić information content (AvgIpc) is 2.91. The van der Waals surface area contributed by atoms with Gasteiger partial charge in [0.1, 0.15) is 11.0 Å². The molecule has 3 rings (SSSR count). The maximum Gasteiger partial charge on any atom is 0.286 e. The van der Waals surface area contributed by atoms with Crippen molar-refractivity contribution in [2.75, 3.05) is 0 Å². The van der Waals surface area contributed by atoms with Crippen LogP contribution in [0.1, 0.15) is 10.4 Å². The molecule has 0 saturated heterocycles. The van der Waals surface area contributed by atoms with E-state index >= 15 is 0 Å². The van der Waals surface area contributed by atoms with E-state index in [1.54, 1.807) is 18.3 Å². The minimum Gasteiger partial charge on any atom is -0.545 e. The van der Waals surface area contributed by atoms with Crippen LogP contribution in [0, 0.1) is 5.53 Å². The van der Waals surface area contributed by atoms with Gasteiger partial charge in [-0.2, -0.15) is 5.10 Å². The van der Waals surface area contributed by atoms with Crippen LogP contribution in [0.5, 0.6) is 0 Å². The predicted octanol–water partition coefficient (Wildman–Crippen LogP) is 0.361. The van der Waals surface area contributed by atoms with Crippen LogP contribution < -0.4 is 10.0 Å². The molecule has 2 heterocycles. The number of fused-ring (bicyclic) bond motifs is 1. The second kappa shape index (κ2) is 4.91. The van der Waals surface area contributed by atoms with Crippen molar-refractivity contribution in [2.45, 2.75) is 0 Å². The summed E-state index contributed by atoms with van der Waals surface area (Å²) in [6, 6.07) is 4.73. The van der Waals surface area contributed by atoms with Gasteiger partial charge in [-0.25, -0.2) is 14.6 Å². The summed E-state index contributed by atoms with van der Waals surface area (Å²) in [6.07, 6.45) is 4.43. The zero-order valence-electron chi connectivity index (χ0n) is 10.5. The van der Waals surface area contributed by atoms with Crippen LogP contribution in [-0.4, -0.2) is 25.7 Å². The summed E-state index contributed by atoms with van der Waals surface area (Å²) in [6.45, 7) is 0. The first kappa shape index (κ1) is 12.6. The fourth-order valence-corrected chi connectivity index (χ4v) is 1.92. The first-order valence-electron chi connectivity index (χ1n) is 5.79. The highest BCUT2D eigenvalue weighted by molar-refractivity contribution is 6.00. The van der Waals surface area contributed by atoms with Crippen molar-refractivity contribution < 1.29 is 9.90 Å². The molecule has 0 saturated carbocycles. The quantitative estimate of drug-likeness (QED) is 0.546. The summed E-state index contributed by atoms with van der Waals surface area (Å²) in [5.74, 6) is -0.958. The number of hydrogen-bond donors (Lipinski definition) is 1. The predicted molar refractivity (Wildman–Crippen MR) is 67.9 cm³/mol. The Morgan fingerprint density at radius 3 is 2.90 bits per heavy atom. The van der Waals surface area contributed by atoms with Gasteiger partial charge in [-0.15, -0.1) is 0 Å². The lowest BCUT2D eigenvalue weighted by atomic mass is 10.1. The van der Waals surface area contributed by atoms with Crippen molar-refractivity contribution in [1.82, 2.24) is 24.7 Å². The zero-order chi connectivity index (χ0) is 14.8. The van der Waals surface area contributed by atoms with Gasteiger partial charge in [-0.05, 0) is 0 Å². The minimum atomic E-state index is -1.31. The number of carboxylic acid groups (broad SMARTS) is 1. The fraction of sp³-hybridized carbons (Fsp3) is 0. The number of rotatable bonds is 3. The van der Waals surface area contributed by atoms with Gasteiger partial charge in [0.05, 0.1) is 5.97 Å². The van der Waals surface area contributed by atoms with Crippen molar-refractivity contribution in [3.63, 3.8) is 0 Å². The Labute approximate surface area is 117 Å². The molecule has 0 radical (unpaired) electrons. The van der Waals surface area contributed by atoms with Gasteiger partial charge in [-0.1, -0.05) is 18.2 Å². The highest BCUT2D eigenvalue weighted by atomic mass is 16.4. The third-order valence-corrected chi connectivity index (χ3v) is 2.78. The van der Waals surface area contributed by atoms with Crippen LogP contribution in [0.3, 0.4) is 0 Å². The van der Waals surface area contributed by atoms with E-state index in [1.807, 2.05) is 0 Å². The summed E-state index contributed by atoms with van der Waals surface area (Å²) in [5, 5.41) is 19.4. The highest BCUT2D eigenvalue weighted by Crippen LogP contribution is 2.21. The fourth-order valence-electron chi connectivity index (χ4n) is 1.92. The molecule has 9 heteroatoms. The van der Waals surface area contributed by atoms with E-state index in [2.05, 4.69) is 25.1 Å². The Kier molecular flexibility index (Phi) is 2.94. The van der Waals surface area contributed by atoms with E-state index in [9.17, 15) is 9.90 Å². The Morgan fingerprint density at radius 1 is 1.33 bits per heavy atom. The summed E-state index contributed by atoms with van der Waals surface area (Å²) >= 11 is 0. The van der Waals surface area contributed by atoms with Gasteiger partial charge in [0.15, 0.2) is 5.11 Å². The van der Waals surface area contributed by atoms with Crippen LogP contribution in [0.25, 0.3) is 16.7 Å². The maximum atomic E-state index is 11.1. The van der Waals surface area contributed by atoms with Crippen LogP contribution >= 0.6 is 0 Å². The van der Waals surface area contributed by atoms with Gasteiger partial charge in [-0.3, -0.25) is 0 Å². The van der Waals surface area contributed by atoms with E-state index in [0.717, 1.165) is 0 Å². The molecule has 0 spiro atoms. The second-order valence-electron chi connectivity index (χ2n) is 4.01. The first-order valence-corrected chi connectivity index (χ1v) is 5.79. The molecule has 0 aliphatic heterocycles. The molecule has 102 valence electrons. The van der Waals surface area contributed by atoms with Gasteiger partial charge >= 0.3 is 0 Å². The smallest absolute Gasteiger partial charge is 0.286 e. The number of nitrogens with one attached hydrogen (secondary N) is 1. The number of carboxylic acids is 1. The van der Waals surface area contributed by atoms with Crippen LogP contribution in [0.2, 0.25) is 0 Å². The second-order valence-corrected chi connectivity index (χ2v) is 4.01. The molecule has 1 N–H and O–H groups in total. The number of carbonyl (C=O) groups excluding carboxylic acids is 1. The number of carbonyl (C=O) groups is 1. The molecule has 0 fully saturated rings. The van der Waals surface area contributed by atoms with E-state index in [0.29, 0.717) is 5.39 Å². The van der Waals surface area contributed by atoms with E-state index in [1.165, 1.54) is 23.1 Å². The molecular weight excluding hydrogens is 274 g/mol. The molecule has 0 atom stereocenters. The van der Waals surface area contributed by atoms with E-state index in [4.69, 9.17) is 5.53 Å². The van der Waals surface area contributed by atoms with Crippen LogP contribution in [0.4, 0.5) is 5.82 Å². The van der Waals surface area contributed by atoms with Crippen molar-refractivity contribution in [3.8, 4) is 5.82 Å². The number of aromatic nitrogens is 4. The van der Waals surface area contributed by atoms with Crippen molar-refractivity contribution in [2.24, 2.45) is 5.11 Å². The Balaban J connectivity index is 2.25. The summed E-state index contributed by atoms with van der Waals surface area (Å²) in [7, 11) is 0. The largest absolute Gasteiger partial charge is 0.545 e. The molecule has 0 unspecified atom stereocenters. The third-order valence-electron chi connectivity index (χ3n) is 2.78. The molecule has 0 aliphatic rings. The normalized spacial score (nSPS) is 10.3.